The van der Waals surface area contributed by atoms with Gasteiger partial charge in [-0.1, -0.05) is 26.8 Å². The van der Waals surface area contributed by atoms with Crippen molar-refractivity contribution in [2.45, 2.75) is 195 Å². The second kappa shape index (κ2) is 20.5. The van der Waals surface area contributed by atoms with E-state index in [2.05, 4.69) is 13.5 Å². The number of aliphatic hydroxyl groups is 14. The summed E-state index contributed by atoms with van der Waals surface area (Å²) in [5.74, 6) is -1.40. The molecular weight excluding hydrogens is 892 g/mol. The zero-order valence-corrected chi connectivity index (χ0v) is 38.3. The summed E-state index contributed by atoms with van der Waals surface area (Å²) in [5.41, 5.74) is -2.14. The molecular formula is C45H74O22. The lowest BCUT2D eigenvalue weighted by atomic mass is 9.41. The molecule has 3 heterocycles. The predicted molar refractivity (Wildman–Crippen MR) is 224 cm³/mol. The van der Waals surface area contributed by atoms with E-state index in [1.54, 1.807) is 6.92 Å². The highest BCUT2D eigenvalue weighted by atomic mass is 16.8. The van der Waals surface area contributed by atoms with Crippen molar-refractivity contribution >= 4 is 5.97 Å². The second-order valence-corrected chi connectivity index (χ2v) is 21.0. The molecule has 4 saturated carbocycles. The first-order chi connectivity index (χ1) is 31.6. The van der Waals surface area contributed by atoms with Crippen LogP contribution in [0.15, 0.2) is 12.2 Å². The summed E-state index contributed by atoms with van der Waals surface area (Å²) in [7, 11) is 0. The quantitative estimate of drug-likeness (QED) is 0.0396. The van der Waals surface area contributed by atoms with Gasteiger partial charge in [0.05, 0.1) is 49.7 Å². The van der Waals surface area contributed by atoms with E-state index in [0.29, 0.717) is 51.4 Å². The molecule has 0 unspecified atom stereocenters. The molecule has 0 radical (unpaired) electrons. The van der Waals surface area contributed by atoms with Crippen LogP contribution in [-0.4, -0.2) is 227 Å². The summed E-state index contributed by atoms with van der Waals surface area (Å²) < 4.78 is 43.0. The number of carbonyl (C=O) groups is 1. The van der Waals surface area contributed by atoms with E-state index < -0.39 is 172 Å². The highest BCUT2D eigenvalue weighted by Gasteiger charge is 2.69. The number of ether oxygens (including phenoxy) is 7. The molecule has 67 heavy (non-hydrogen) atoms. The summed E-state index contributed by atoms with van der Waals surface area (Å²) in [6, 6.07) is 0. The molecule has 25 atom stereocenters. The number of aliphatic hydroxyl groups excluding tert-OH is 14. The van der Waals surface area contributed by atoms with E-state index in [-0.39, 0.29) is 17.3 Å². The molecule has 7 rings (SSSR count). The highest BCUT2D eigenvalue weighted by molar-refractivity contribution is 5.77. The van der Waals surface area contributed by atoms with E-state index in [4.69, 9.17) is 38.3 Å². The van der Waals surface area contributed by atoms with Crippen LogP contribution in [0.3, 0.4) is 0 Å². The standard InChI is InChI=1S/C45H74O22/c1-19-12-44-10-6-26-42(3,8-5-9-43(26,4)41(60)61-17-22(51)30(54)29(53)21(50)13-46)27(44)7-11-45(19,18-44)67-40-37(66-39-35(59)33(57)31(55)24(15-48)63-39)36(32(56)25(16-49)64-40)65-38-34(58)28(52)20(2)23(14-47)62-38/h20-40,46-59H,1,5-18H2,2-4H3/t20-,21-,22+,23-,24-,25-,26+,27+,28+,29-,30-,31-,32-,33+,34-,35-,36+,37-,38+,39+,40+,42-,43-,44-,45+/m1/s1. The van der Waals surface area contributed by atoms with Gasteiger partial charge in [0.1, 0.15) is 86.0 Å². The zero-order valence-electron chi connectivity index (χ0n) is 38.3. The second-order valence-electron chi connectivity index (χ2n) is 21.0. The van der Waals surface area contributed by atoms with Crippen molar-refractivity contribution in [1.29, 1.82) is 0 Å². The van der Waals surface area contributed by atoms with Crippen molar-refractivity contribution in [3.05, 3.63) is 12.2 Å². The molecule has 3 aliphatic heterocycles. The summed E-state index contributed by atoms with van der Waals surface area (Å²) >= 11 is 0. The van der Waals surface area contributed by atoms with Crippen LogP contribution < -0.4 is 0 Å². The summed E-state index contributed by atoms with van der Waals surface area (Å²) in [5, 5.41) is 146. The molecule has 1 spiro atoms. The molecule has 0 aromatic rings. The Hall–Kier alpha value is -1.59. The maximum absolute atomic E-state index is 14.0. The van der Waals surface area contributed by atoms with Crippen LogP contribution in [0.25, 0.3) is 0 Å². The third-order valence-electron chi connectivity index (χ3n) is 17.1. The van der Waals surface area contributed by atoms with Crippen molar-refractivity contribution < 1.29 is 109 Å². The topological polar surface area (TPSA) is 365 Å². The van der Waals surface area contributed by atoms with Crippen molar-refractivity contribution in [2.24, 2.45) is 34.0 Å². The molecule has 7 aliphatic rings. The van der Waals surface area contributed by atoms with Gasteiger partial charge in [0.15, 0.2) is 18.9 Å². The Bertz CT molecular complexity index is 1710. The van der Waals surface area contributed by atoms with Crippen LogP contribution in [0.2, 0.25) is 0 Å². The first kappa shape index (κ1) is 53.2. The molecule has 2 bridgehead atoms. The van der Waals surface area contributed by atoms with Crippen LogP contribution >= 0.6 is 0 Å². The first-order valence-electron chi connectivity index (χ1n) is 23.6. The van der Waals surface area contributed by atoms with Gasteiger partial charge in [0.25, 0.3) is 0 Å². The number of rotatable bonds is 16. The molecule has 22 heteroatoms. The molecule has 0 aromatic carbocycles. The molecule has 0 amide bonds. The Morgan fingerprint density at radius 1 is 0.687 bits per heavy atom. The first-order valence-corrected chi connectivity index (χ1v) is 23.6. The molecule has 4 aliphatic carbocycles. The normalized spacial score (nSPS) is 49.6. The fourth-order valence-corrected chi connectivity index (χ4v) is 13.3. The average molecular weight is 967 g/mol. The van der Waals surface area contributed by atoms with Crippen molar-refractivity contribution in [2.75, 3.05) is 33.0 Å². The van der Waals surface area contributed by atoms with Crippen LogP contribution in [-0.2, 0) is 38.0 Å². The highest BCUT2D eigenvalue weighted by Crippen LogP contribution is 2.73. The Morgan fingerprint density at radius 2 is 1.25 bits per heavy atom. The maximum atomic E-state index is 14.0. The average Bonchev–Trinajstić information content (AvgIpc) is 3.51. The Labute approximate surface area is 388 Å². The molecule has 0 aromatic heterocycles. The lowest BCUT2D eigenvalue weighted by Gasteiger charge is -2.64. The van der Waals surface area contributed by atoms with E-state index in [1.807, 2.05) is 6.92 Å². The summed E-state index contributed by atoms with van der Waals surface area (Å²) in [4.78, 5) is 14.0. The van der Waals surface area contributed by atoms with Gasteiger partial charge in [-0.15, -0.1) is 0 Å². The smallest absolute Gasteiger partial charge is 0.312 e. The Balaban J connectivity index is 1.14. The lowest BCUT2D eigenvalue weighted by Crippen LogP contribution is -2.67. The van der Waals surface area contributed by atoms with Crippen LogP contribution in [0.5, 0.6) is 0 Å². The monoisotopic (exact) mass is 966 g/mol. The summed E-state index contributed by atoms with van der Waals surface area (Å²) in [6.07, 6.45) is -24.6. The van der Waals surface area contributed by atoms with Crippen molar-refractivity contribution in [3.8, 4) is 0 Å². The van der Waals surface area contributed by atoms with Gasteiger partial charge in [-0.25, -0.2) is 0 Å². The predicted octanol–water partition coefficient (Wildman–Crippen LogP) is -4.20. The maximum Gasteiger partial charge on any atom is 0.312 e. The van der Waals surface area contributed by atoms with Gasteiger partial charge in [-0.2, -0.15) is 0 Å². The van der Waals surface area contributed by atoms with Crippen LogP contribution in [0, 0.1) is 34.0 Å². The van der Waals surface area contributed by atoms with Gasteiger partial charge >= 0.3 is 5.97 Å². The molecule has 22 nitrogen and oxygen atoms in total. The minimum atomic E-state index is -1.92. The van der Waals surface area contributed by atoms with Gasteiger partial charge in [0, 0.05) is 5.92 Å². The summed E-state index contributed by atoms with van der Waals surface area (Å²) in [6.45, 7) is 6.50. The molecule has 14 N–H and O–H groups in total. The van der Waals surface area contributed by atoms with E-state index >= 15 is 0 Å². The van der Waals surface area contributed by atoms with Crippen molar-refractivity contribution in [3.63, 3.8) is 0 Å². The number of hydrogen-bond acceptors (Lipinski definition) is 22. The van der Waals surface area contributed by atoms with E-state index in [0.717, 1.165) is 12.0 Å². The SMILES string of the molecule is C=C1C[C@@]23CC[C@H]4[C@@](C)(CCC[C@@]4(C)C(=O)OC[C@H](O)[C@@H](O)[C@H](O)[C@H](O)CO)[C@@H]2CC[C@]1(O[C@@H]1O[C@H](CO)[C@@H](O)[C@H](O[C@@H]2O[C@H](CO)[C@@H](C)[C@H](O)[C@H]2O)[C@H]1O[C@@H]1O[C@H](CO)[C@@H](O)[C@H](O)[C@H]1O)C3. The minimum Gasteiger partial charge on any atom is -0.462 e. The van der Waals surface area contributed by atoms with Crippen molar-refractivity contribution in [1.82, 2.24) is 0 Å². The largest absolute Gasteiger partial charge is 0.462 e. The lowest BCUT2D eigenvalue weighted by molar-refractivity contribution is -0.398. The van der Waals surface area contributed by atoms with Gasteiger partial charge in [-0.05, 0) is 86.5 Å². The van der Waals surface area contributed by atoms with Crippen LogP contribution in [0.4, 0.5) is 0 Å². The fraction of sp³-hybridized carbons (Fsp3) is 0.933. The molecule has 386 valence electrons. The molecule has 7 fully saturated rings. The van der Waals surface area contributed by atoms with E-state index in [9.17, 15) is 71.2 Å². The fourth-order valence-electron chi connectivity index (χ4n) is 13.3. The van der Waals surface area contributed by atoms with Crippen LogP contribution in [0.1, 0.15) is 78.6 Å². The zero-order chi connectivity index (χ0) is 49.1. The molecule has 3 saturated heterocycles. The van der Waals surface area contributed by atoms with Gasteiger partial charge in [0.2, 0.25) is 0 Å². The number of esters is 1. The Kier molecular flexibility index (Phi) is 16.3. The van der Waals surface area contributed by atoms with E-state index in [1.165, 1.54) is 0 Å². The third-order valence-corrected chi connectivity index (χ3v) is 17.1. The third kappa shape index (κ3) is 9.40. The van der Waals surface area contributed by atoms with Gasteiger partial charge in [-0.3, -0.25) is 4.79 Å². The Morgan fingerprint density at radius 3 is 1.90 bits per heavy atom. The van der Waals surface area contributed by atoms with Gasteiger partial charge < -0.3 is 105 Å². The number of hydrogen-bond donors (Lipinski definition) is 14. The minimum absolute atomic E-state index is 0.0550. The number of fused-ring (bicyclic) bond motifs is 3. The number of carbonyl (C=O) groups excluding carboxylic acids is 1.